The van der Waals surface area contributed by atoms with Crippen molar-refractivity contribution in [2.24, 2.45) is 0 Å². The van der Waals surface area contributed by atoms with E-state index in [1.54, 1.807) is 12.1 Å². The predicted molar refractivity (Wildman–Crippen MR) is 88.3 cm³/mol. The van der Waals surface area contributed by atoms with Crippen LogP contribution in [0.2, 0.25) is 0 Å². The third kappa shape index (κ3) is 4.44. The van der Waals surface area contributed by atoms with Crippen LogP contribution in [0.1, 0.15) is 58.9 Å². The summed E-state index contributed by atoms with van der Waals surface area (Å²) in [6.45, 7) is 10.3. The molecule has 0 amide bonds. The van der Waals surface area contributed by atoms with Crippen LogP contribution in [0.4, 0.5) is 10.1 Å². The number of rotatable bonds is 5. The smallest absolute Gasteiger partial charge is 0.123 e. The molecule has 0 atom stereocenters. The van der Waals surface area contributed by atoms with Crippen molar-refractivity contribution in [2.75, 3.05) is 11.4 Å². The molecule has 0 aliphatic heterocycles. The maximum Gasteiger partial charge on any atom is 0.123 e. The van der Waals surface area contributed by atoms with Crippen LogP contribution in [0.3, 0.4) is 0 Å². The van der Waals surface area contributed by atoms with Crippen molar-refractivity contribution in [3.63, 3.8) is 0 Å². The van der Waals surface area contributed by atoms with Gasteiger partial charge in [0.05, 0.1) is 0 Å². The molecule has 3 heteroatoms. The summed E-state index contributed by atoms with van der Waals surface area (Å²) in [6, 6.07) is 5.85. The fourth-order valence-electron chi connectivity index (χ4n) is 3.18. The van der Waals surface area contributed by atoms with E-state index in [0.717, 1.165) is 12.1 Å². The average molecular weight is 292 g/mol. The normalized spacial score (nSPS) is 16.4. The van der Waals surface area contributed by atoms with Gasteiger partial charge in [0.15, 0.2) is 0 Å². The highest BCUT2D eigenvalue weighted by Gasteiger charge is 2.23. The summed E-state index contributed by atoms with van der Waals surface area (Å²) < 4.78 is 13.7. The van der Waals surface area contributed by atoms with Crippen molar-refractivity contribution in [3.05, 3.63) is 29.6 Å². The highest BCUT2D eigenvalue weighted by Crippen LogP contribution is 2.31. The molecule has 1 aliphatic carbocycles. The zero-order valence-electron chi connectivity index (χ0n) is 13.9. The molecule has 1 aromatic carbocycles. The number of nitrogens with zero attached hydrogens (tertiary/aromatic N) is 1. The molecule has 0 saturated heterocycles. The highest BCUT2D eigenvalue weighted by atomic mass is 19.1. The molecule has 2 rings (SSSR count). The van der Waals surface area contributed by atoms with Crippen molar-refractivity contribution in [1.82, 2.24) is 5.32 Å². The minimum absolute atomic E-state index is 0.0357. The summed E-state index contributed by atoms with van der Waals surface area (Å²) in [5.41, 5.74) is 2.30. The fourth-order valence-corrected chi connectivity index (χ4v) is 3.18. The molecule has 1 saturated carbocycles. The first-order valence-corrected chi connectivity index (χ1v) is 8.21. The molecule has 21 heavy (non-hydrogen) atoms. The monoisotopic (exact) mass is 292 g/mol. The number of nitrogens with one attached hydrogen (secondary N) is 1. The van der Waals surface area contributed by atoms with Gasteiger partial charge in [-0.15, -0.1) is 0 Å². The second-order valence-electron chi connectivity index (χ2n) is 7.10. The summed E-state index contributed by atoms with van der Waals surface area (Å²) >= 11 is 0. The van der Waals surface area contributed by atoms with Gasteiger partial charge in [-0.3, -0.25) is 0 Å². The van der Waals surface area contributed by atoms with E-state index < -0.39 is 0 Å². The average Bonchev–Trinajstić information content (AvgIpc) is 2.92. The van der Waals surface area contributed by atoms with Gasteiger partial charge in [-0.05, 0) is 64.3 Å². The van der Waals surface area contributed by atoms with Crippen LogP contribution in [-0.2, 0) is 6.54 Å². The molecule has 118 valence electrons. The van der Waals surface area contributed by atoms with Crippen LogP contribution in [0.15, 0.2) is 18.2 Å². The van der Waals surface area contributed by atoms with Gasteiger partial charge < -0.3 is 10.2 Å². The van der Waals surface area contributed by atoms with Crippen molar-refractivity contribution in [1.29, 1.82) is 0 Å². The lowest BCUT2D eigenvalue weighted by Gasteiger charge is -2.32. The first-order chi connectivity index (χ1) is 9.90. The van der Waals surface area contributed by atoms with Crippen LogP contribution in [0.5, 0.6) is 0 Å². The Kier molecular flexibility index (Phi) is 5.26. The van der Waals surface area contributed by atoms with Crippen LogP contribution >= 0.6 is 0 Å². The molecular formula is C18H29FN2. The minimum atomic E-state index is -0.146. The Balaban J connectivity index is 2.23. The molecule has 0 radical (unpaired) electrons. The maximum absolute atomic E-state index is 13.7. The lowest BCUT2D eigenvalue weighted by atomic mass is 10.1. The molecule has 1 fully saturated rings. The predicted octanol–water partition coefficient (Wildman–Crippen LogP) is 4.48. The summed E-state index contributed by atoms with van der Waals surface area (Å²) in [7, 11) is 0. The van der Waals surface area contributed by atoms with Gasteiger partial charge in [-0.2, -0.15) is 0 Å². The molecule has 1 aliphatic rings. The Morgan fingerprint density at radius 2 is 1.90 bits per heavy atom. The Morgan fingerprint density at radius 1 is 1.24 bits per heavy atom. The van der Waals surface area contributed by atoms with E-state index in [1.165, 1.54) is 31.4 Å². The minimum Gasteiger partial charge on any atom is -0.369 e. The topological polar surface area (TPSA) is 15.3 Å². The Bertz CT molecular complexity index is 459. The molecular weight excluding hydrogens is 263 g/mol. The summed E-state index contributed by atoms with van der Waals surface area (Å²) in [4.78, 5) is 2.46. The SMILES string of the molecule is CCN(c1ccc(F)cc1CNC(C)(C)C)C1CCCC1. The van der Waals surface area contributed by atoms with Crippen LogP contribution in [-0.4, -0.2) is 18.1 Å². The Hall–Kier alpha value is -1.09. The van der Waals surface area contributed by atoms with Gasteiger partial charge in [0, 0.05) is 30.4 Å². The van der Waals surface area contributed by atoms with Gasteiger partial charge in [0.2, 0.25) is 0 Å². The Labute approximate surface area is 128 Å². The maximum atomic E-state index is 13.7. The number of hydrogen-bond donors (Lipinski definition) is 1. The van der Waals surface area contributed by atoms with Crippen molar-refractivity contribution in [2.45, 2.75) is 71.5 Å². The fraction of sp³-hybridized carbons (Fsp3) is 0.667. The molecule has 1 aromatic rings. The summed E-state index contributed by atoms with van der Waals surface area (Å²) in [5.74, 6) is -0.146. The van der Waals surface area contributed by atoms with Crippen LogP contribution in [0, 0.1) is 5.82 Å². The first-order valence-electron chi connectivity index (χ1n) is 8.21. The molecule has 0 spiro atoms. The number of halogens is 1. The zero-order valence-corrected chi connectivity index (χ0v) is 13.9. The van der Waals surface area contributed by atoms with E-state index in [2.05, 4.69) is 37.9 Å². The molecule has 0 aromatic heterocycles. The second-order valence-corrected chi connectivity index (χ2v) is 7.10. The van der Waals surface area contributed by atoms with Gasteiger partial charge in [0.1, 0.15) is 5.82 Å². The number of benzene rings is 1. The van der Waals surface area contributed by atoms with E-state index in [1.807, 2.05) is 6.07 Å². The van der Waals surface area contributed by atoms with E-state index in [9.17, 15) is 4.39 Å². The van der Waals surface area contributed by atoms with Crippen molar-refractivity contribution < 1.29 is 4.39 Å². The molecule has 2 nitrogen and oxygen atoms in total. The number of anilines is 1. The lowest BCUT2D eigenvalue weighted by molar-refractivity contribution is 0.423. The van der Waals surface area contributed by atoms with E-state index >= 15 is 0 Å². The Morgan fingerprint density at radius 3 is 2.48 bits per heavy atom. The lowest BCUT2D eigenvalue weighted by Crippen LogP contribution is -2.37. The van der Waals surface area contributed by atoms with Crippen LogP contribution in [0.25, 0.3) is 0 Å². The van der Waals surface area contributed by atoms with E-state index in [0.29, 0.717) is 12.6 Å². The summed E-state index contributed by atoms with van der Waals surface area (Å²) in [5, 5.41) is 3.48. The highest BCUT2D eigenvalue weighted by molar-refractivity contribution is 5.55. The molecule has 1 N–H and O–H groups in total. The molecule has 0 heterocycles. The van der Waals surface area contributed by atoms with Gasteiger partial charge >= 0.3 is 0 Å². The van der Waals surface area contributed by atoms with E-state index in [4.69, 9.17) is 0 Å². The quantitative estimate of drug-likeness (QED) is 0.860. The molecule has 0 bridgehead atoms. The second kappa shape index (κ2) is 6.78. The zero-order chi connectivity index (χ0) is 15.5. The third-order valence-electron chi connectivity index (χ3n) is 4.27. The largest absolute Gasteiger partial charge is 0.369 e. The van der Waals surface area contributed by atoms with Gasteiger partial charge in [0.25, 0.3) is 0 Å². The third-order valence-corrected chi connectivity index (χ3v) is 4.27. The summed E-state index contributed by atoms with van der Waals surface area (Å²) in [6.07, 6.45) is 5.16. The first kappa shape index (κ1) is 16.3. The van der Waals surface area contributed by atoms with Gasteiger partial charge in [-0.1, -0.05) is 12.8 Å². The van der Waals surface area contributed by atoms with Gasteiger partial charge in [-0.25, -0.2) is 4.39 Å². The standard InChI is InChI=1S/C18H29FN2/c1-5-21(16-8-6-7-9-16)17-11-10-15(19)12-14(17)13-20-18(2,3)4/h10-12,16,20H,5-9,13H2,1-4H3. The molecule has 0 unspecified atom stereocenters. The van der Waals surface area contributed by atoms with Crippen LogP contribution < -0.4 is 10.2 Å². The van der Waals surface area contributed by atoms with Crippen molar-refractivity contribution in [3.8, 4) is 0 Å². The number of hydrogen-bond acceptors (Lipinski definition) is 2. The van der Waals surface area contributed by atoms with Crippen molar-refractivity contribution >= 4 is 5.69 Å². The van der Waals surface area contributed by atoms with E-state index in [-0.39, 0.29) is 11.4 Å².